The van der Waals surface area contributed by atoms with Crippen molar-refractivity contribution in [1.29, 1.82) is 0 Å². The van der Waals surface area contributed by atoms with Gasteiger partial charge in [-0.05, 0) is 24.1 Å². The van der Waals surface area contributed by atoms with E-state index in [1.165, 1.54) is 0 Å². The van der Waals surface area contributed by atoms with Crippen molar-refractivity contribution >= 4 is 27.5 Å². The first kappa shape index (κ1) is 13.4. The highest BCUT2D eigenvalue weighted by atomic mass is 79.9. The minimum Gasteiger partial charge on any atom is -0.398 e. The number of benzene rings is 1. The zero-order valence-corrected chi connectivity index (χ0v) is 12.1. The van der Waals surface area contributed by atoms with Crippen molar-refractivity contribution in [1.82, 2.24) is 4.90 Å². The van der Waals surface area contributed by atoms with E-state index in [2.05, 4.69) is 15.9 Å². The van der Waals surface area contributed by atoms with Crippen molar-refractivity contribution in [3.8, 4) is 0 Å². The van der Waals surface area contributed by atoms with E-state index in [1.54, 1.807) is 23.1 Å². The monoisotopic (exact) mass is 312 g/mol. The Morgan fingerprint density at radius 2 is 2.11 bits per heavy atom. The number of nitrogens with zero attached hydrogens (tertiary/aromatic N) is 1. The molecule has 0 unspecified atom stereocenters. The van der Waals surface area contributed by atoms with Crippen LogP contribution in [0, 0.1) is 5.92 Å². The van der Waals surface area contributed by atoms with Crippen LogP contribution in [0.3, 0.4) is 0 Å². The third-order valence-electron chi connectivity index (χ3n) is 3.54. The second kappa shape index (κ2) is 4.55. The number of amides is 1. The molecule has 0 radical (unpaired) electrons. The quantitative estimate of drug-likeness (QED) is 0.819. The lowest BCUT2D eigenvalue weighted by molar-refractivity contribution is -0.110. The number of carbonyl (C=O) groups excluding carboxylic acids is 1. The van der Waals surface area contributed by atoms with Crippen molar-refractivity contribution in [3.63, 3.8) is 0 Å². The second-order valence-electron chi connectivity index (χ2n) is 5.15. The summed E-state index contributed by atoms with van der Waals surface area (Å²) >= 11 is 3.31. The van der Waals surface area contributed by atoms with Crippen LogP contribution in [0.5, 0.6) is 0 Å². The minimum absolute atomic E-state index is 0.120. The predicted octanol–water partition coefficient (Wildman–Crippen LogP) is 1.87. The van der Waals surface area contributed by atoms with E-state index in [0.717, 1.165) is 4.47 Å². The molecule has 0 aliphatic carbocycles. The zero-order valence-electron chi connectivity index (χ0n) is 10.5. The second-order valence-corrected chi connectivity index (χ2v) is 6.07. The van der Waals surface area contributed by atoms with Gasteiger partial charge in [-0.3, -0.25) is 4.79 Å². The number of halogens is 1. The summed E-state index contributed by atoms with van der Waals surface area (Å²) < 4.78 is 0.846. The summed E-state index contributed by atoms with van der Waals surface area (Å²) in [5, 5.41) is 10.1. The summed E-state index contributed by atoms with van der Waals surface area (Å²) in [5.41, 5.74) is 6.02. The first-order valence-electron chi connectivity index (χ1n) is 5.90. The van der Waals surface area contributed by atoms with Gasteiger partial charge < -0.3 is 15.7 Å². The fourth-order valence-corrected chi connectivity index (χ4v) is 2.40. The van der Waals surface area contributed by atoms with Gasteiger partial charge in [-0.2, -0.15) is 0 Å². The van der Waals surface area contributed by atoms with Crippen LogP contribution in [0.4, 0.5) is 5.69 Å². The smallest absolute Gasteiger partial charge is 0.256 e. The molecule has 18 heavy (non-hydrogen) atoms. The Kier molecular flexibility index (Phi) is 3.38. The summed E-state index contributed by atoms with van der Waals surface area (Å²) in [6, 6.07) is 5.20. The fourth-order valence-electron chi connectivity index (χ4n) is 2.02. The number of likely N-dealkylation sites (tertiary alicyclic amines) is 1. The molecule has 0 aromatic heterocycles. The Hall–Kier alpha value is -1.07. The lowest BCUT2D eigenvalue weighted by atomic mass is 9.82. The van der Waals surface area contributed by atoms with Crippen molar-refractivity contribution < 1.29 is 9.90 Å². The number of hydrogen-bond acceptors (Lipinski definition) is 3. The maximum atomic E-state index is 12.2. The van der Waals surface area contributed by atoms with Gasteiger partial charge in [0, 0.05) is 10.2 Å². The van der Waals surface area contributed by atoms with Gasteiger partial charge in [-0.25, -0.2) is 0 Å². The lowest BCUT2D eigenvalue weighted by Gasteiger charge is -2.49. The molecule has 0 spiro atoms. The normalized spacial score (nSPS) is 17.7. The van der Waals surface area contributed by atoms with Gasteiger partial charge in [0.2, 0.25) is 0 Å². The van der Waals surface area contributed by atoms with Crippen molar-refractivity contribution in [2.24, 2.45) is 5.92 Å². The third-order valence-corrected chi connectivity index (χ3v) is 4.03. The SMILES string of the molecule is CC(C)C1(O)CN(C(=O)c2ccc(Br)cc2N)C1. The summed E-state index contributed by atoms with van der Waals surface area (Å²) in [7, 11) is 0. The molecular formula is C13H17BrN2O2. The third kappa shape index (κ3) is 2.24. The predicted molar refractivity (Wildman–Crippen MR) is 74.2 cm³/mol. The first-order valence-corrected chi connectivity index (χ1v) is 6.69. The molecule has 1 aromatic carbocycles. The molecule has 0 atom stereocenters. The van der Waals surface area contributed by atoms with Crippen molar-refractivity contribution in [2.45, 2.75) is 19.4 Å². The molecule has 1 aromatic rings. The van der Waals surface area contributed by atoms with E-state index >= 15 is 0 Å². The van der Waals surface area contributed by atoms with Gasteiger partial charge in [0.25, 0.3) is 5.91 Å². The first-order chi connectivity index (χ1) is 8.33. The Bertz CT molecular complexity index is 482. The Morgan fingerprint density at radius 1 is 1.50 bits per heavy atom. The van der Waals surface area contributed by atoms with Gasteiger partial charge in [-0.1, -0.05) is 29.8 Å². The van der Waals surface area contributed by atoms with Crippen LogP contribution in [0.25, 0.3) is 0 Å². The van der Waals surface area contributed by atoms with E-state index < -0.39 is 5.60 Å². The van der Waals surface area contributed by atoms with Crippen LogP contribution in [-0.2, 0) is 0 Å². The lowest BCUT2D eigenvalue weighted by Crippen LogP contribution is -2.66. The zero-order chi connectivity index (χ0) is 13.5. The Morgan fingerprint density at radius 3 is 2.61 bits per heavy atom. The molecule has 2 rings (SSSR count). The molecule has 1 aliphatic heterocycles. The van der Waals surface area contributed by atoms with E-state index in [0.29, 0.717) is 24.3 Å². The number of hydrogen-bond donors (Lipinski definition) is 2. The number of nitrogen functional groups attached to an aromatic ring is 1. The molecule has 0 bridgehead atoms. The van der Waals surface area contributed by atoms with Gasteiger partial charge in [-0.15, -0.1) is 0 Å². The van der Waals surface area contributed by atoms with Gasteiger partial charge in [0.1, 0.15) is 5.60 Å². The topological polar surface area (TPSA) is 66.6 Å². The van der Waals surface area contributed by atoms with E-state index in [4.69, 9.17) is 5.73 Å². The highest BCUT2D eigenvalue weighted by Crippen LogP contribution is 2.31. The molecule has 3 N–H and O–H groups in total. The van der Waals surface area contributed by atoms with Crippen molar-refractivity contribution in [3.05, 3.63) is 28.2 Å². The highest BCUT2D eigenvalue weighted by Gasteiger charge is 2.46. The number of nitrogens with two attached hydrogens (primary N) is 1. The molecule has 1 fully saturated rings. The highest BCUT2D eigenvalue weighted by molar-refractivity contribution is 9.10. The van der Waals surface area contributed by atoms with Gasteiger partial charge in [0.05, 0.1) is 18.7 Å². The van der Waals surface area contributed by atoms with Gasteiger partial charge in [0.15, 0.2) is 0 Å². The van der Waals surface area contributed by atoms with E-state index in [-0.39, 0.29) is 11.8 Å². The number of β-amino-alcohol motifs (C(OH)–C–C–N with tert-alkyl or cyclic N) is 1. The average Bonchev–Trinajstić information content (AvgIpc) is 2.23. The molecule has 5 heteroatoms. The Labute approximate surface area is 115 Å². The molecule has 1 aliphatic rings. The van der Waals surface area contributed by atoms with E-state index in [9.17, 15) is 9.90 Å². The summed E-state index contributed by atoms with van der Waals surface area (Å²) in [5.74, 6) is 0.0224. The van der Waals surface area contributed by atoms with Crippen LogP contribution in [0.15, 0.2) is 22.7 Å². The average molecular weight is 313 g/mol. The minimum atomic E-state index is -0.750. The number of rotatable bonds is 2. The number of aliphatic hydroxyl groups is 1. The Balaban J connectivity index is 2.11. The van der Waals surface area contributed by atoms with Crippen LogP contribution >= 0.6 is 15.9 Å². The van der Waals surface area contributed by atoms with Crippen LogP contribution in [-0.4, -0.2) is 34.6 Å². The summed E-state index contributed by atoms with van der Waals surface area (Å²) in [4.78, 5) is 13.8. The maximum Gasteiger partial charge on any atom is 0.256 e. The number of carbonyl (C=O) groups is 1. The largest absolute Gasteiger partial charge is 0.398 e. The maximum absolute atomic E-state index is 12.2. The summed E-state index contributed by atoms with van der Waals surface area (Å²) in [6.07, 6.45) is 0. The molecule has 4 nitrogen and oxygen atoms in total. The molecule has 0 saturated carbocycles. The van der Waals surface area contributed by atoms with Crippen LogP contribution in [0.2, 0.25) is 0 Å². The van der Waals surface area contributed by atoms with E-state index in [1.807, 2.05) is 13.8 Å². The van der Waals surface area contributed by atoms with Gasteiger partial charge >= 0.3 is 0 Å². The van der Waals surface area contributed by atoms with Crippen LogP contribution < -0.4 is 5.73 Å². The number of anilines is 1. The molecule has 1 saturated heterocycles. The molecule has 98 valence electrons. The fraction of sp³-hybridized carbons (Fsp3) is 0.462. The molecule has 1 heterocycles. The van der Waals surface area contributed by atoms with Crippen LogP contribution in [0.1, 0.15) is 24.2 Å². The molecular weight excluding hydrogens is 296 g/mol. The van der Waals surface area contributed by atoms with Crippen molar-refractivity contribution in [2.75, 3.05) is 18.8 Å². The molecule has 1 amide bonds. The summed E-state index contributed by atoms with van der Waals surface area (Å²) in [6.45, 7) is 4.66. The standard InChI is InChI=1S/C13H17BrN2O2/c1-8(2)13(18)6-16(7-13)12(17)10-4-3-9(14)5-11(10)15/h3-5,8,18H,6-7,15H2,1-2H3.